The fourth-order valence-electron chi connectivity index (χ4n) is 3.52. The van der Waals surface area contributed by atoms with Gasteiger partial charge in [0, 0.05) is 27.7 Å². The molecule has 1 atom stereocenters. The highest BCUT2D eigenvalue weighted by Gasteiger charge is 2.34. The molecule has 21 heavy (non-hydrogen) atoms. The van der Waals surface area contributed by atoms with Crippen LogP contribution in [0, 0.1) is 19.3 Å². The number of aliphatic hydroxyl groups excluding tert-OH is 1. The first kappa shape index (κ1) is 14.7. The van der Waals surface area contributed by atoms with Gasteiger partial charge in [0.25, 0.3) is 0 Å². The summed E-state index contributed by atoms with van der Waals surface area (Å²) in [4.78, 5) is 0. The molecule has 0 radical (unpaired) electrons. The SMILES string of the molecule is Cc1c(Cl)cccc1-n1c(C)cc2c1CC(C)(C)CC2O. The Bertz CT molecular complexity index is 699. The molecule has 1 aliphatic rings. The first-order valence-electron chi connectivity index (χ1n) is 7.45. The summed E-state index contributed by atoms with van der Waals surface area (Å²) in [6, 6.07) is 8.13. The molecule has 112 valence electrons. The molecule has 1 N–H and O–H groups in total. The predicted octanol–water partition coefficient (Wildman–Crippen LogP) is 4.75. The average molecular weight is 304 g/mol. The van der Waals surface area contributed by atoms with Crippen LogP contribution in [0.2, 0.25) is 5.02 Å². The van der Waals surface area contributed by atoms with Crippen LogP contribution in [0.4, 0.5) is 0 Å². The highest BCUT2D eigenvalue weighted by molar-refractivity contribution is 6.31. The Morgan fingerprint density at radius 3 is 2.71 bits per heavy atom. The minimum atomic E-state index is -0.372. The average Bonchev–Trinajstić information content (AvgIpc) is 2.69. The maximum Gasteiger partial charge on any atom is 0.0812 e. The van der Waals surface area contributed by atoms with Crippen molar-refractivity contribution in [2.75, 3.05) is 0 Å². The zero-order valence-corrected chi connectivity index (χ0v) is 13.8. The van der Waals surface area contributed by atoms with Crippen LogP contribution in [0.3, 0.4) is 0 Å². The molecule has 2 aromatic rings. The van der Waals surface area contributed by atoms with E-state index in [2.05, 4.69) is 37.5 Å². The van der Waals surface area contributed by atoms with Crippen molar-refractivity contribution in [2.45, 2.75) is 46.6 Å². The molecule has 0 spiro atoms. The normalized spacial score (nSPS) is 20.4. The van der Waals surface area contributed by atoms with Crippen LogP contribution >= 0.6 is 11.6 Å². The Morgan fingerprint density at radius 2 is 2.00 bits per heavy atom. The number of rotatable bonds is 1. The van der Waals surface area contributed by atoms with Gasteiger partial charge in [0.15, 0.2) is 0 Å². The molecule has 2 nitrogen and oxygen atoms in total. The number of halogens is 1. The Hall–Kier alpha value is -1.25. The first-order chi connectivity index (χ1) is 9.80. The first-order valence-corrected chi connectivity index (χ1v) is 7.82. The topological polar surface area (TPSA) is 25.2 Å². The molecule has 1 aromatic carbocycles. The van der Waals surface area contributed by atoms with Crippen molar-refractivity contribution in [2.24, 2.45) is 5.41 Å². The summed E-state index contributed by atoms with van der Waals surface area (Å²) in [7, 11) is 0. The zero-order chi connectivity index (χ0) is 15.4. The largest absolute Gasteiger partial charge is 0.388 e. The van der Waals surface area contributed by atoms with Crippen molar-refractivity contribution in [1.82, 2.24) is 4.57 Å². The number of aryl methyl sites for hydroxylation is 1. The third kappa shape index (κ3) is 2.41. The molecule has 0 saturated carbocycles. The van der Waals surface area contributed by atoms with Crippen LogP contribution in [-0.4, -0.2) is 9.67 Å². The second-order valence-corrected chi connectivity index (χ2v) is 7.38. The van der Waals surface area contributed by atoms with Crippen molar-refractivity contribution >= 4 is 11.6 Å². The van der Waals surface area contributed by atoms with Crippen LogP contribution in [0.5, 0.6) is 0 Å². The fraction of sp³-hybridized carbons (Fsp3) is 0.444. The number of hydrogen-bond donors (Lipinski definition) is 1. The highest BCUT2D eigenvalue weighted by atomic mass is 35.5. The number of hydrogen-bond acceptors (Lipinski definition) is 1. The number of aliphatic hydroxyl groups is 1. The summed E-state index contributed by atoms with van der Waals surface area (Å²) >= 11 is 6.29. The van der Waals surface area contributed by atoms with Crippen LogP contribution in [0.25, 0.3) is 5.69 Å². The molecule has 1 aliphatic carbocycles. The quantitative estimate of drug-likeness (QED) is 0.808. The van der Waals surface area contributed by atoms with Crippen LogP contribution in [0.1, 0.15) is 48.9 Å². The number of benzene rings is 1. The van der Waals surface area contributed by atoms with Crippen molar-refractivity contribution in [3.05, 3.63) is 51.8 Å². The van der Waals surface area contributed by atoms with Gasteiger partial charge in [-0.15, -0.1) is 0 Å². The van der Waals surface area contributed by atoms with Gasteiger partial charge in [0.1, 0.15) is 0 Å². The molecule has 1 heterocycles. The van der Waals surface area contributed by atoms with E-state index in [4.69, 9.17) is 11.6 Å². The molecule has 1 unspecified atom stereocenters. The number of aromatic nitrogens is 1. The molecule has 0 fully saturated rings. The Kier molecular flexibility index (Phi) is 3.42. The van der Waals surface area contributed by atoms with E-state index in [1.54, 1.807) is 0 Å². The molecule has 1 aromatic heterocycles. The highest BCUT2D eigenvalue weighted by Crippen LogP contribution is 2.43. The lowest BCUT2D eigenvalue weighted by molar-refractivity contribution is 0.0987. The predicted molar refractivity (Wildman–Crippen MR) is 87.3 cm³/mol. The monoisotopic (exact) mass is 303 g/mol. The van der Waals surface area contributed by atoms with Crippen LogP contribution in [0.15, 0.2) is 24.3 Å². The van der Waals surface area contributed by atoms with E-state index in [9.17, 15) is 5.11 Å². The third-order valence-corrected chi connectivity index (χ3v) is 4.96. The van der Waals surface area contributed by atoms with Gasteiger partial charge in [0.05, 0.1) is 6.10 Å². The van der Waals surface area contributed by atoms with Gasteiger partial charge < -0.3 is 9.67 Å². The van der Waals surface area contributed by atoms with E-state index >= 15 is 0 Å². The van der Waals surface area contributed by atoms with Gasteiger partial charge in [0.2, 0.25) is 0 Å². The number of nitrogens with zero attached hydrogens (tertiary/aromatic N) is 1. The van der Waals surface area contributed by atoms with Gasteiger partial charge in [-0.2, -0.15) is 0 Å². The molecule has 0 aliphatic heterocycles. The molecule has 3 rings (SSSR count). The molecule has 0 amide bonds. The van der Waals surface area contributed by atoms with E-state index < -0.39 is 0 Å². The van der Waals surface area contributed by atoms with Crippen molar-refractivity contribution < 1.29 is 5.11 Å². The van der Waals surface area contributed by atoms with Gasteiger partial charge in [-0.05, 0) is 55.9 Å². The van der Waals surface area contributed by atoms with Crippen LogP contribution in [-0.2, 0) is 6.42 Å². The Morgan fingerprint density at radius 1 is 1.29 bits per heavy atom. The van der Waals surface area contributed by atoms with Crippen molar-refractivity contribution in [3.63, 3.8) is 0 Å². The lowest BCUT2D eigenvalue weighted by atomic mass is 9.75. The second kappa shape index (κ2) is 4.89. The maximum atomic E-state index is 10.5. The minimum absolute atomic E-state index is 0.113. The molecule has 0 bridgehead atoms. The van der Waals surface area contributed by atoms with Gasteiger partial charge in [-0.3, -0.25) is 0 Å². The third-order valence-electron chi connectivity index (χ3n) is 4.55. The summed E-state index contributed by atoms with van der Waals surface area (Å²) in [5, 5.41) is 11.2. The number of fused-ring (bicyclic) bond motifs is 1. The summed E-state index contributed by atoms with van der Waals surface area (Å²) in [6.45, 7) is 8.58. The van der Waals surface area contributed by atoms with E-state index in [1.807, 2.05) is 19.1 Å². The van der Waals surface area contributed by atoms with E-state index in [1.165, 1.54) is 5.69 Å². The molecule has 3 heteroatoms. The Balaban J connectivity index is 2.24. The van der Waals surface area contributed by atoms with Gasteiger partial charge in [-0.25, -0.2) is 0 Å². The second-order valence-electron chi connectivity index (χ2n) is 6.97. The minimum Gasteiger partial charge on any atom is -0.388 e. The molecular formula is C18H22ClNO. The zero-order valence-electron chi connectivity index (χ0n) is 13.1. The maximum absolute atomic E-state index is 10.5. The molecule has 0 saturated heterocycles. The fourth-order valence-corrected chi connectivity index (χ4v) is 3.69. The van der Waals surface area contributed by atoms with E-state index in [0.717, 1.165) is 40.4 Å². The van der Waals surface area contributed by atoms with Crippen molar-refractivity contribution in [3.8, 4) is 5.69 Å². The van der Waals surface area contributed by atoms with Gasteiger partial charge in [-0.1, -0.05) is 31.5 Å². The van der Waals surface area contributed by atoms with Crippen LogP contribution < -0.4 is 0 Å². The summed E-state index contributed by atoms with van der Waals surface area (Å²) in [5.74, 6) is 0. The van der Waals surface area contributed by atoms with E-state index in [0.29, 0.717) is 0 Å². The lowest BCUT2D eigenvalue weighted by Crippen LogP contribution is -2.26. The lowest BCUT2D eigenvalue weighted by Gasteiger charge is -2.34. The van der Waals surface area contributed by atoms with Crippen molar-refractivity contribution in [1.29, 1.82) is 0 Å². The van der Waals surface area contributed by atoms with E-state index in [-0.39, 0.29) is 11.5 Å². The standard InChI is InChI=1S/C18H22ClNO/c1-11-8-13-16(9-18(3,4)10-17(13)21)20(11)15-7-5-6-14(19)12(15)2/h5-8,17,21H,9-10H2,1-4H3. The molecular weight excluding hydrogens is 282 g/mol. The Labute approximate surface area is 131 Å². The summed E-state index contributed by atoms with van der Waals surface area (Å²) in [6.07, 6.45) is 1.42. The van der Waals surface area contributed by atoms with Gasteiger partial charge >= 0.3 is 0 Å². The summed E-state index contributed by atoms with van der Waals surface area (Å²) < 4.78 is 2.26. The summed E-state index contributed by atoms with van der Waals surface area (Å²) in [5.41, 5.74) is 5.76. The smallest absolute Gasteiger partial charge is 0.0812 e.